The lowest BCUT2D eigenvalue weighted by molar-refractivity contribution is -0.384. The highest BCUT2D eigenvalue weighted by Gasteiger charge is 2.15. The summed E-state index contributed by atoms with van der Waals surface area (Å²) in [6.07, 6.45) is 0. The Morgan fingerprint density at radius 1 is 1.09 bits per heavy atom. The number of azo groups is 1. The molecule has 7 heteroatoms. The van der Waals surface area contributed by atoms with Gasteiger partial charge < -0.3 is 9.67 Å². The molecular formula is C15H12N4O3. The highest BCUT2D eigenvalue weighted by Crippen LogP contribution is 2.39. The molecule has 0 aliphatic heterocycles. The normalized spacial score (nSPS) is 11.3. The lowest BCUT2D eigenvalue weighted by Gasteiger charge is -1.96. The molecule has 0 atom stereocenters. The third-order valence-corrected chi connectivity index (χ3v) is 3.39. The maximum Gasteiger partial charge on any atom is 0.296 e. The Kier molecular flexibility index (Phi) is 3.30. The van der Waals surface area contributed by atoms with Crippen molar-refractivity contribution in [3.8, 4) is 5.88 Å². The zero-order valence-electron chi connectivity index (χ0n) is 11.7. The average molecular weight is 296 g/mol. The highest BCUT2D eigenvalue weighted by molar-refractivity contribution is 5.94. The Bertz CT molecular complexity index is 899. The molecule has 0 aliphatic rings. The number of para-hydroxylation sites is 2. The van der Waals surface area contributed by atoms with Crippen molar-refractivity contribution in [2.45, 2.75) is 0 Å². The molecule has 0 amide bonds. The van der Waals surface area contributed by atoms with Crippen LogP contribution in [-0.2, 0) is 7.05 Å². The number of hydrogen-bond donors (Lipinski definition) is 1. The van der Waals surface area contributed by atoms with Crippen molar-refractivity contribution in [1.29, 1.82) is 0 Å². The first-order valence-electron chi connectivity index (χ1n) is 6.51. The van der Waals surface area contributed by atoms with Crippen LogP contribution in [0.1, 0.15) is 0 Å². The zero-order valence-corrected chi connectivity index (χ0v) is 11.7. The van der Waals surface area contributed by atoms with E-state index in [1.54, 1.807) is 23.7 Å². The predicted molar refractivity (Wildman–Crippen MR) is 81.9 cm³/mol. The highest BCUT2D eigenvalue weighted by atomic mass is 16.6. The number of aromatic hydroxyl groups is 1. The summed E-state index contributed by atoms with van der Waals surface area (Å²) in [5.41, 5.74) is 1.10. The number of fused-ring (bicyclic) bond motifs is 1. The molecule has 2 aromatic carbocycles. The average Bonchev–Trinajstić information content (AvgIpc) is 2.77. The summed E-state index contributed by atoms with van der Waals surface area (Å²) in [4.78, 5) is 10.5. The van der Waals surface area contributed by atoms with Gasteiger partial charge in [0.25, 0.3) is 5.69 Å². The molecule has 0 unspecified atom stereocenters. The Morgan fingerprint density at radius 3 is 2.55 bits per heavy atom. The number of nitro groups is 1. The van der Waals surface area contributed by atoms with Gasteiger partial charge in [0, 0.05) is 18.5 Å². The Hall–Kier alpha value is -3.22. The molecule has 1 aromatic heterocycles. The molecule has 22 heavy (non-hydrogen) atoms. The first-order valence-corrected chi connectivity index (χ1v) is 6.51. The minimum Gasteiger partial charge on any atom is -0.493 e. The third kappa shape index (κ3) is 2.18. The molecule has 0 spiro atoms. The van der Waals surface area contributed by atoms with Crippen LogP contribution in [0.25, 0.3) is 10.9 Å². The minimum absolute atomic E-state index is 0.0384. The van der Waals surface area contributed by atoms with Gasteiger partial charge in [0.1, 0.15) is 0 Å². The second-order valence-corrected chi connectivity index (χ2v) is 4.69. The molecular weight excluding hydrogens is 284 g/mol. The second kappa shape index (κ2) is 5.28. The van der Waals surface area contributed by atoms with Crippen molar-refractivity contribution in [1.82, 2.24) is 4.57 Å². The van der Waals surface area contributed by atoms with Crippen molar-refractivity contribution in [2.75, 3.05) is 0 Å². The van der Waals surface area contributed by atoms with Crippen LogP contribution in [0.15, 0.2) is 58.8 Å². The smallest absolute Gasteiger partial charge is 0.296 e. The summed E-state index contributed by atoms with van der Waals surface area (Å²) < 4.78 is 1.59. The first-order chi connectivity index (χ1) is 10.6. The van der Waals surface area contributed by atoms with E-state index in [0.29, 0.717) is 0 Å². The second-order valence-electron chi connectivity index (χ2n) is 4.69. The van der Waals surface area contributed by atoms with Crippen molar-refractivity contribution in [3.05, 3.63) is 58.6 Å². The Balaban J connectivity index is 2.11. The molecule has 0 radical (unpaired) electrons. The molecule has 0 bridgehead atoms. The number of benzene rings is 2. The summed E-state index contributed by atoms with van der Waals surface area (Å²) in [5, 5.41) is 29.8. The van der Waals surface area contributed by atoms with Crippen LogP contribution in [0.3, 0.4) is 0 Å². The molecule has 1 N–H and O–H groups in total. The van der Waals surface area contributed by atoms with Gasteiger partial charge in [-0.25, -0.2) is 0 Å². The molecule has 0 saturated heterocycles. The number of aromatic nitrogens is 1. The van der Waals surface area contributed by atoms with E-state index in [0.717, 1.165) is 10.9 Å². The Labute approximate surface area is 125 Å². The molecule has 7 nitrogen and oxygen atoms in total. The van der Waals surface area contributed by atoms with Gasteiger partial charge in [-0.3, -0.25) is 10.1 Å². The van der Waals surface area contributed by atoms with Gasteiger partial charge in [-0.05, 0) is 12.1 Å². The first kappa shape index (κ1) is 13.7. The van der Waals surface area contributed by atoms with Crippen LogP contribution in [0.5, 0.6) is 5.88 Å². The quantitative estimate of drug-likeness (QED) is 0.445. The summed E-state index contributed by atoms with van der Waals surface area (Å²) in [6.45, 7) is 0. The Morgan fingerprint density at radius 2 is 1.77 bits per heavy atom. The fourth-order valence-electron chi connectivity index (χ4n) is 2.27. The van der Waals surface area contributed by atoms with Gasteiger partial charge in [0.15, 0.2) is 11.4 Å². The summed E-state index contributed by atoms with van der Waals surface area (Å²) in [5.74, 6) is -0.0384. The predicted octanol–water partition coefficient (Wildman–Crippen LogP) is 4.21. The van der Waals surface area contributed by atoms with E-state index in [1.807, 2.05) is 24.3 Å². The monoisotopic (exact) mass is 296 g/mol. The van der Waals surface area contributed by atoms with Crippen molar-refractivity contribution >= 4 is 28.0 Å². The van der Waals surface area contributed by atoms with Crippen molar-refractivity contribution in [3.63, 3.8) is 0 Å². The van der Waals surface area contributed by atoms with Gasteiger partial charge in [0.05, 0.1) is 10.4 Å². The van der Waals surface area contributed by atoms with Crippen LogP contribution < -0.4 is 0 Å². The molecule has 3 rings (SSSR count). The maximum absolute atomic E-state index is 11.0. The van der Waals surface area contributed by atoms with Crippen LogP contribution in [-0.4, -0.2) is 14.6 Å². The minimum atomic E-state index is -0.517. The number of aryl methyl sites for hydroxylation is 1. The van der Waals surface area contributed by atoms with Gasteiger partial charge in [0.2, 0.25) is 5.88 Å². The van der Waals surface area contributed by atoms with E-state index in [2.05, 4.69) is 10.2 Å². The van der Waals surface area contributed by atoms with Crippen LogP contribution in [0, 0.1) is 10.1 Å². The summed E-state index contributed by atoms with van der Waals surface area (Å²) >= 11 is 0. The zero-order chi connectivity index (χ0) is 15.7. The SMILES string of the molecule is Cn1c(O)c(N=Nc2ccccc2[N+](=O)[O-])c2ccccc21. The van der Waals surface area contributed by atoms with Crippen molar-refractivity contribution in [2.24, 2.45) is 17.3 Å². The lowest BCUT2D eigenvalue weighted by atomic mass is 10.2. The molecule has 0 fully saturated rings. The van der Waals surface area contributed by atoms with E-state index in [4.69, 9.17) is 0 Å². The lowest BCUT2D eigenvalue weighted by Crippen LogP contribution is -1.87. The summed E-state index contributed by atoms with van der Waals surface area (Å²) in [6, 6.07) is 13.4. The number of nitro benzene ring substituents is 1. The van der Waals surface area contributed by atoms with E-state index < -0.39 is 4.92 Å². The van der Waals surface area contributed by atoms with E-state index in [9.17, 15) is 15.2 Å². The van der Waals surface area contributed by atoms with E-state index in [1.165, 1.54) is 12.1 Å². The van der Waals surface area contributed by atoms with Crippen LogP contribution >= 0.6 is 0 Å². The van der Waals surface area contributed by atoms with Crippen LogP contribution in [0.2, 0.25) is 0 Å². The fraction of sp³-hybridized carbons (Fsp3) is 0.0667. The topological polar surface area (TPSA) is 93.0 Å². The molecule has 1 heterocycles. The molecule has 0 saturated carbocycles. The van der Waals surface area contributed by atoms with Crippen molar-refractivity contribution < 1.29 is 10.0 Å². The largest absolute Gasteiger partial charge is 0.493 e. The van der Waals surface area contributed by atoms with Gasteiger partial charge in [-0.15, -0.1) is 10.2 Å². The fourth-order valence-corrected chi connectivity index (χ4v) is 2.27. The maximum atomic E-state index is 11.0. The molecule has 110 valence electrons. The van der Waals surface area contributed by atoms with Gasteiger partial charge in [-0.1, -0.05) is 30.3 Å². The summed E-state index contributed by atoms with van der Waals surface area (Å²) in [7, 11) is 1.71. The van der Waals surface area contributed by atoms with E-state index in [-0.39, 0.29) is 22.9 Å². The number of hydrogen-bond acceptors (Lipinski definition) is 5. The molecule has 0 aliphatic carbocycles. The standard InChI is InChI=1S/C15H12N4O3/c1-18-12-8-4-2-6-10(12)14(15(18)20)17-16-11-7-3-5-9-13(11)19(21)22/h2-9,20H,1H3. The van der Waals surface area contributed by atoms with E-state index >= 15 is 0 Å². The molecule has 3 aromatic rings. The van der Waals surface area contributed by atoms with Gasteiger partial charge >= 0.3 is 0 Å². The third-order valence-electron chi connectivity index (χ3n) is 3.39. The van der Waals surface area contributed by atoms with Gasteiger partial charge in [-0.2, -0.15) is 0 Å². The number of nitrogens with zero attached hydrogens (tertiary/aromatic N) is 4. The number of rotatable bonds is 3. The van der Waals surface area contributed by atoms with Crippen LogP contribution in [0.4, 0.5) is 17.1 Å².